The standard InChI is InChI=1S/C14H23N3O2/c1-2-17-8-9(5-13(17)18)14(19)16-12-6-10-3-4-11(7-12)15-10/h9-12,15H,2-8H2,1H3,(H,16,19). The second kappa shape index (κ2) is 5.12. The number of piperidine rings is 1. The van der Waals surface area contributed by atoms with Crippen LogP contribution in [0.15, 0.2) is 0 Å². The molecule has 0 radical (unpaired) electrons. The van der Waals surface area contributed by atoms with E-state index in [2.05, 4.69) is 10.6 Å². The number of hydrogen-bond acceptors (Lipinski definition) is 3. The number of amides is 2. The number of nitrogens with one attached hydrogen (secondary N) is 2. The summed E-state index contributed by atoms with van der Waals surface area (Å²) in [6.45, 7) is 3.27. The molecule has 2 N–H and O–H groups in total. The van der Waals surface area contributed by atoms with Gasteiger partial charge in [-0.15, -0.1) is 0 Å². The molecule has 0 spiro atoms. The molecule has 0 aromatic rings. The molecule has 0 aromatic carbocycles. The van der Waals surface area contributed by atoms with Crippen LogP contribution in [0, 0.1) is 5.92 Å². The van der Waals surface area contributed by atoms with Gasteiger partial charge >= 0.3 is 0 Å². The van der Waals surface area contributed by atoms with E-state index in [1.807, 2.05) is 6.92 Å². The average molecular weight is 265 g/mol. The van der Waals surface area contributed by atoms with Gasteiger partial charge in [-0.2, -0.15) is 0 Å². The predicted molar refractivity (Wildman–Crippen MR) is 71.5 cm³/mol. The van der Waals surface area contributed by atoms with E-state index < -0.39 is 0 Å². The lowest BCUT2D eigenvalue weighted by atomic mass is 9.98. The van der Waals surface area contributed by atoms with Crippen LogP contribution < -0.4 is 10.6 Å². The number of rotatable bonds is 3. The quantitative estimate of drug-likeness (QED) is 0.769. The normalized spacial score (nSPS) is 37.7. The zero-order chi connectivity index (χ0) is 13.4. The van der Waals surface area contributed by atoms with Crippen molar-refractivity contribution in [2.75, 3.05) is 13.1 Å². The van der Waals surface area contributed by atoms with Crippen molar-refractivity contribution in [3.8, 4) is 0 Å². The maximum absolute atomic E-state index is 12.2. The Bertz CT molecular complexity index is 373. The molecule has 3 aliphatic rings. The Balaban J connectivity index is 1.53. The third kappa shape index (κ3) is 2.61. The largest absolute Gasteiger partial charge is 0.353 e. The van der Waals surface area contributed by atoms with Gasteiger partial charge in [0.1, 0.15) is 0 Å². The highest BCUT2D eigenvalue weighted by atomic mass is 16.2. The first kappa shape index (κ1) is 12.9. The van der Waals surface area contributed by atoms with Crippen molar-refractivity contribution in [1.82, 2.24) is 15.5 Å². The lowest BCUT2D eigenvalue weighted by Crippen LogP contribution is -2.49. The molecule has 3 heterocycles. The molecule has 3 fully saturated rings. The van der Waals surface area contributed by atoms with Crippen molar-refractivity contribution in [3.05, 3.63) is 0 Å². The highest BCUT2D eigenvalue weighted by Gasteiger charge is 2.37. The van der Waals surface area contributed by atoms with E-state index in [9.17, 15) is 9.59 Å². The van der Waals surface area contributed by atoms with Crippen molar-refractivity contribution in [2.24, 2.45) is 5.92 Å². The van der Waals surface area contributed by atoms with Crippen molar-refractivity contribution < 1.29 is 9.59 Å². The van der Waals surface area contributed by atoms with Gasteiger partial charge in [0.05, 0.1) is 5.92 Å². The zero-order valence-electron chi connectivity index (χ0n) is 11.5. The van der Waals surface area contributed by atoms with Crippen LogP contribution in [0.5, 0.6) is 0 Å². The van der Waals surface area contributed by atoms with Gasteiger partial charge in [0, 0.05) is 37.6 Å². The van der Waals surface area contributed by atoms with Crippen LogP contribution in [0.1, 0.15) is 39.0 Å². The molecule has 5 nitrogen and oxygen atoms in total. The van der Waals surface area contributed by atoms with Crippen LogP contribution in [-0.4, -0.2) is 47.9 Å². The Morgan fingerprint density at radius 3 is 2.63 bits per heavy atom. The van der Waals surface area contributed by atoms with Gasteiger partial charge in [-0.25, -0.2) is 0 Å². The molecule has 3 saturated heterocycles. The third-order valence-corrected chi connectivity index (χ3v) is 4.79. The van der Waals surface area contributed by atoms with Gasteiger partial charge in [-0.05, 0) is 32.6 Å². The lowest BCUT2D eigenvalue weighted by molar-refractivity contribution is -0.129. The highest BCUT2D eigenvalue weighted by molar-refractivity contribution is 5.89. The predicted octanol–water partition coefficient (Wildman–Crippen LogP) is 0.254. The Morgan fingerprint density at radius 2 is 2.05 bits per heavy atom. The summed E-state index contributed by atoms with van der Waals surface area (Å²) < 4.78 is 0. The number of fused-ring (bicyclic) bond motifs is 2. The lowest BCUT2D eigenvalue weighted by Gasteiger charge is -2.30. The molecule has 0 aromatic heterocycles. The minimum atomic E-state index is -0.139. The molecular weight excluding hydrogens is 242 g/mol. The van der Waals surface area contributed by atoms with E-state index in [1.54, 1.807) is 4.90 Å². The summed E-state index contributed by atoms with van der Waals surface area (Å²) in [5.41, 5.74) is 0. The van der Waals surface area contributed by atoms with E-state index in [1.165, 1.54) is 12.8 Å². The van der Waals surface area contributed by atoms with Crippen molar-refractivity contribution in [3.63, 3.8) is 0 Å². The van der Waals surface area contributed by atoms with E-state index in [0.29, 0.717) is 37.6 Å². The van der Waals surface area contributed by atoms with E-state index in [4.69, 9.17) is 0 Å². The van der Waals surface area contributed by atoms with Gasteiger partial charge in [-0.3, -0.25) is 9.59 Å². The molecule has 106 valence electrons. The van der Waals surface area contributed by atoms with Crippen LogP contribution in [0.3, 0.4) is 0 Å². The number of carbonyl (C=O) groups excluding carboxylic acids is 2. The molecule has 2 bridgehead atoms. The first-order valence-electron chi connectivity index (χ1n) is 7.50. The summed E-state index contributed by atoms with van der Waals surface area (Å²) in [6.07, 6.45) is 4.95. The maximum atomic E-state index is 12.2. The van der Waals surface area contributed by atoms with E-state index in [0.717, 1.165) is 12.8 Å². The Kier molecular flexibility index (Phi) is 3.48. The first-order valence-corrected chi connectivity index (χ1v) is 7.50. The molecule has 3 unspecified atom stereocenters. The zero-order valence-corrected chi connectivity index (χ0v) is 11.5. The third-order valence-electron chi connectivity index (χ3n) is 4.79. The second-order valence-electron chi connectivity index (χ2n) is 6.15. The van der Waals surface area contributed by atoms with E-state index >= 15 is 0 Å². The van der Waals surface area contributed by atoms with Crippen molar-refractivity contribution >= 4 is 11.8 Å². The van der Waals surface area contributed by atoms with Gasteiger partial charge < -0.3 is 15.5 Å². The summed E-state index contributed by atoms with van der Waals surface area (Å²) in [5.74, 6) is 0.0589. The van der Waals surface area contributed by atoms with Crippen LogP contribution in [0.4, 0.5) is 0 Å². The smallest absolute Gasteiger partial charge is 0.225 e. The number of hydrogen-bond donors (Lipinski definition) is 2. The van der Waals surface area contributed by atoms with Crippen LogP contribution >= 0.6 is 0 Å². The monoisotopic (exact) mass is 265 g/mol. The summed E-state index contributed by atoms with van der Waals surface area (Å²) >= 11 is 0. The molecule has 0 saturated carbocycles. The summed E-state index contributed by atoms with van der Waals surface area (Å²) in [4.78, 5) is 25.7. The van der Waals surface area contributed by atoms with Gasteiger partial charge in [0.15, 0.2) is 0 Å². The van der Waals surface area contributed by atoms with Crippen molar-refractivity contribution in [2.45, 2.75) is 57.2 Å². The molecule has 3 atom stereocenters. The Morgan fingerprint density at radius 1 is 1.37 bits per heavy atom. The minimum Gasteiger partial charge on any atom is -0.353 e. The molecule has 3 aliphatic heterocycles. The van der Waals surface area contributed by atoms with Crippen LogP contribution in [0.2, 0.25) is 0 Å². The minimum absolute atomic E-state index is 0.0793. The molecule has 0 aliphatic carbocycles. The van der Waals surface area contributed by atoms with Gasteiger partial charge in [0.2, 0.25) is 11.8 Å². The Hall–Kier alpha value is -1.10. The molecule has 19 heavy (non-hydrogen) atoms. The topological polar surface area (TPSA) is 61.4 Å². The van der Waals surface area contributed by atoms with Crippen molar-refractivity contribution in [1.29, 1.82) is 0 Å². The summed E-state index contributed by atoms with van der Waals surface area (Å²) in [7, 11) is 0. The fourth-order valence-corrected chi connectivity index (χ4v) is 3.75. The molecule has 2 amide bonds. The fourth-order valence-electron chi connectivity index (χ4n) is 3.75. The SMILES string of the molecule is CCN1CC(C(=O)NC2CC3CCC(C2)N3)CC1=O. The molecular formula is C14H23N3O2. The summed E-state index contributed by atoms with van der Waals surface area (Å²) in [6, 6.07) is 1.47. The number of likely N-dealkylation sites (tertiary alicyclic amines) is 1. The number of nitrogens with zero attached hydrogens (tertiary/aromatic N) is 1. The van der Waals surface area contributed by atoms with E-state index in [-0.39, 0.29) is 17.7 Å². The van der Waals surface area contributed by atoms with Crippen LogP contribution in [0.25, 0.3) is 0 Å². The molecule has 5 heteroatoms. The van der Waals surface area contributed by atoms with Crippen LogP contribution in [-0.2, 0) is 9.59 Å². The average Bonchev–Trinajstić information content (AvgIpc) is 2.92. The summed E-state index contributed by atoms with van der Waals surface area (Å²) in [5, 5.41) is 6.74. The molecule has 3 rings (SSSR count). The maximum Gasteiger partial charge on any atom is 0.225 e. The first-order chi connectivity index (χ1) is 9.15. The number of carbonyl (C=O) groups is 2. The second-order valence-corrected chi connectivity index (χ2v) is 6.15. The fraction of sp³-hybridized carbons (Fsp3) is 0.857. The van der Waals surface area contributed by atoms with Gasteiger partial charge in [-0.1, -0.05) is 0 Å². The highest BCUT2D eigenvalue weighted by Crippen LogP contribution is 2.27. The van der Waals surface area contributed by atoms with Gasteiger partial charge in [0.25, 0.3) is 0 Å². The Labute approximate surface area is 114 Å².